The van der Waals surface area contributed by atoms with Crippen LogP contribution in [-0.2, 0) is 0 Å². The number of benzene rings is 4. The zero-order valence-electron chi connectivity index (χ0n) is 17.4. The number of aromatic amines is 1. The van der Waals surface area contributed by atoms with Crippen molar-refractivity contribution in [3.05, 3.63) is 96.2 Å². The number of methoxy groups -OCH3 is 1. The molecule has 0 fully saturated rings. The molecule has 5 aromatic rings. The first-order valence-electron chi connectivity index (χ1n) is 10.2. The summed E-state index contributed by atoms with van der Waals surface area (Å²) in [5.74, 6) is 0.315. The molecule has 0 radical (unpaired) electrons. The largest absolute Gasteiger partial charge is 0.496 e. The second-order valence-electron chi connectivity index (χ2n) is 7.30. The number of nitrogens with zero attached hydrogens (tertiary/aromatic N) is 2. The number of fused-ring (bicyclic) bond motifs is 2. The highest BCUT2D eigenvalue weighted by Crippen LogP contribution is 2.36. The van der Waals surface area contributed by atoms with Gasteiger partial charge in [0.2, 0.25) is 0 Å². The van der Waals surface area contributed by atoms with Crippen molar-refractivity contribution in [2.75, 3.05) is 7.11 Å². The third-order valence-electron chi connectivity index (χ3n) is 5.38. The van der Waals surface area contributed by atoms with E-state index in [1.807, 2.05) is 78.9 Å². The molecule has 156 valence electrons. The Balaban J connectivity index is 1.40. The van der Waals surface area contributed by atoms with Gasteiger partial charge in [-0.25, -0.2) is 5.43 Å². The lowest BCUT2D eigenvalue weighted by atomic mass is 10.0. The monoisotopic (exact) mass is 420 g/mol. The molecule has 0 saturated heterocycles. The predicted octanol–water partition coefficient (Wildman–Crippen LogP) is 5.16. The molecule has 1 heterocycles. The Morgan fingerprint density at radius 2 is 1.66 bits per heavy atom. The number of nitrogens with one attached hydrogen (secondary N) is 2. The Bertz CT molecular complexity index is 1460. The van der Waals surface area contributed by atoms with Gasteiger partial charge in [0.15, 0.2) is 0 Å². The summed E-state index contributed by atoms with van der Waals surface area (Å²) in [6, 6.07) is 27.6. The van der Waals surface area contributed by atoms with Crippen molar-refractivity contribution in [2.45, 2.75) is 0 Å². The second-order valence-corrected chi connectivity index (χ2v) is 7.30. The van der Waals surface area contributed by atoms with E-state index in [-0.39, 0.29) is 5.91 Å². The van der Waals surface area contributed by atoms with Crippen molar-refractivity contribution in [3.63, 3.8) is 0 Å². The molecular formula is C26H20N4O2. The van der Waals surface area contributed by atoms with Gasteiger partial charge in [0.1, 0.15) is 11.4 Å². The van der Waals surface area contributed by atoms with Gasteiger partial charge >= 0.3 is 0 Å². The highest BCUT2D eigenvalue weighted by molar-refractivity contribution is 6.02. The minimum atomic E-state index is -0.376. The van der Waals surface area contributed by atoms with E-state index in [9.17, 15) is 4.79 Å². The standard InChI is InChI=1S/C26H20N4O2/c1-32-24-14-13-18-8-3-5-12-21(18)25(24)22-15-23(29-28-22)26(31)30-27-16-19-10-6-9-17-7-2-4-11-20(17)19/h2-16H,1H3,(H,28,29)(H,30,31)/b27-16+. The van der Waals surface area contributed by atoms with E-state index in [4.69, 9.17) is 4.74 Å². The number of carbonyl (C=O) groups is 1. The van der Waals surface area contributed by atoms with Crippen LogP contribution >= 0.6 is 0 Å². The Kier molecular flexibility index (Phi) is 5.09. The normalized spacial score (nSPS) is 11.3. The van der Waals surface area contributed by atoms with E-state index < -0.39 is 0 Å². The van der Waals surface area contributed by atoms with Crippen LogP contribution in [0.25, 0.3) is 32.8 Å². The van der Waals surface area contributed by atoms with Gasteiger partial charge in [-0.3, -0.25) is 9.89 Å². The third kappa shape index (κ3) is 3.58. The zero-order valence-corrected chi connectivity index (χ0v) is 17.4. The van der Waals surface area contributed by atoms with Crippen molar-refractivity contribution >= 4 is 33.7 Å². The van der Waals surface area contributed by atoms with E-state index in [1.165, 1.54) is 0 Å². The van der Waals surface area contributed by atoms with Gasteiger partial charge in [-0.2, -0.15) is 10.2 Å². The molecule has 4 aromatic carbocycles. The van der Waals surface area contributed by atoms with Gasteiger partial charge in [0.05, 0.1) is 24.6 Å². The van der Waals surface area contributed by atoms with Gasteiger partial charge in [0.25, 0.3) is 5.91 Å². The molecule has 0 aliphatic heterocycles. The maximum Gasteiger partial charge on any atom is 0.289 e. The molecule has 0 atom stereocenters. The average molecular weight is 420 g/mol. The van der Waals surface area contributed by atoms with Crippen LogP contribution in [0, 0.1) is 0 Å². The topological polar surface area (TPSA) is 79.4 Å². The molecule has 2 N–H and O–H groups in total. The molecule has 0 aliphatic rings. The molecule has 5 rings (SSSR count). The minimum absolute atomic E-state index is 0.310. The number of H-pyrrole nitrogens is 1. The lowest BCUT2D eigenvalue weighted by molar-refractivity contribution is 0.0950. The van der Waals surface area contributed by atoms with Crippen molar-refractivity contribution in [3.8, 4) is 17.0 Å². The Morgan fingerprint density at radius 3 is 2.47 bits per heavy atom. The maximum absolute atomic E-state index is 12.6. The molecule has 32 heavy (non-hydrogen) atoms. The molecule has 1 aromatic heterocycles. The zero-order chi connectivity index (χ0) is 21.9. The third-order valence-corrected chi connectivity index (χ3v) is 5.38. The van der Waals surface area contributed by atoms with Gasteiger partial charge < -0.3 is 4.74 Å². The Labute approximate surface area is 184 Å². The fourth-order valence-corrected chi connectivity index (χ4v) is 3.84. The summed E-state index contributed by atoms with van der Waals surface area (Å²) in [7, 11) is 1.62. The van der Waals surface area contributed by atoms with Crippen LogP contribution in [0.4, 0.5) is 0 Å². The summed E-state index contributed by atoms with van der Waals surface area (Å²) < 4.78 is 5.55. The van der Waals surface area contributed by atoms with Crippen molar-refractivity contribution in [2.24, 2.45) is 5.10 Å². The van der Waals surface area contributed by atoms with Crippen molar-refractivity contribution in [1.29, 1.82) is 0 Å². The van der Waals surface area contributed by atoms with E-state index >= 15 is 0 Å². The van der Waals surface area contributed by atoms with Crippen LogP contribution in [-0.4, -0.2) is 29.4 Å². The summed E-state index contributed by atoms with van der Waals surface area (Å²) in [6.07, 6.45) is 1.64. The lowest BCUT2D eigenvalue weighted by Crippen LogP contribution is -2.18. The highest BCUT2D eigenvalue weighted by Gasteiger charge is 2.16. The molecule has 0 spiro atoms. The van der Waals surface area contributed by atoms with Gasteiger partial charge in [-0.05, 0) is 33.7 Å². The van der Waals surface area contributed by atoms with E-state index in [1.54, 1.807) is 19.4 Å². The number of rotatable bonds is 5. The fourth-order valence-electron chi connectivity index (χ4n) is 3.84. The lowest BCUT2D eigenvalue weighted by Gasteiger charge is -2.09. The molecule has 6 heteroatoms. The summed E-state index contributed by atoms with van der Waals surface area (Å²) in [5.41, 5.74) is 5.27. The number of amides is 1. The van der Waals surface area contributed by atoms with Crippen LogP contribution in [0.2, 0.25) is 0 Å². The SMILES string of the molecule is COc1ccc2ccccc2c1-c1cc(C(=O)N/N=C/c2cccc3ccccc23)[nH]n1. The first-order valence-corrected chi connectivity index (χ1v) is 10.2. The molecule has 0 unspecified atom stereocenters. The molecule has 6 nitrogen and oxygen atoms in total. The maximum atomic E-state index is 12.6. The van der Waals surface area contributed by atoms with Crippen molar-refractivity contribution < 1.29 is 9.53 Å². The number of carbonyl (C=O) groups excluding carboxylic acids is 1. The smallest absolute Gasteiger partial charge is 0.289 e. The van der Waals surface area contributed by atoms with E-state index in [2.05, 4.69) is 20.7 Å². The van der Waals surface area contributed by atoms with Gasteiger partial charge in [-0.15, -0.1) is 0 Å². The number of hydrogen-bond donors (Lipinski definition) is 2. The first-order chi connectivity index (χ1) is 15.7. The number of ether oxygens (including phenoxy) is 1. The fraction of sp³-hybridized carbons (Fsp3) is 0.0385. The predicted molar refractivity (Wildman–Crippen MR) is 127 cm³/mol. The average Bonchev–Trinajstić information content (AvgIpc) is 3.33. The quantitative estimate of drug-likeness (QED) is 0.305. The first kappa shape index (κ1) is 19.5. The Hall–Kier alpha value is -4.45. The molecule has 0 saturated carbocycles. The molecule has 0 bridgehead atoms. The van der Waals surface area contributed by atoms with Crippen LogP contribution < -0.4 is 10.2 Å². The molecule has 1 amide bonds. The van der Waals surface area contributed by atoms with Crippen LogP contribution in [0.15, 0.2) is 90.0 Å². The second kappa shape index (κ2) is 8.35. The van der Waals surface area contributed by atoms with E-state index in [0.29, 0.717) is 17.1 Å². The molecular weight excluding hydrogens is 400 g/mol. The van der Waals surface area contributed by atoms with Crippen LogP contribution in [0.5, 0.6) is 5.75 Å². The van der Waals surface area contributed by atoms with E-state index in [0.717, 1.165) is 32.7 Å². The van der Waals surface area contributed by atoms with Crippen molar-refractivity contribution in [1.82, 2.24) is 15.6 Å². The highest BCUT2D eigenvalue weighted by atomic mass is 16.5. The summed E-state index contributed by atoms with van der Waals surface area (Å²) in [4.78, 5) is 12.6. The Morgan fingerprint density at radius 1 is 0.938 bits per heavy atom. The van der Waals surface area contributed by atoms with Gasteiger partial charge in [-0.1, -0.05) is 72.8 Å². The molecule has 0 aliphatic carbocycles. The van der Waals surface area contributed by atoms with Gasteiger partial charge in [0, 0.05) is 5.56 Å². The van der Waals surface area contributed by atoms with Crippen LogP contribution in [0.1, 0.15) is 16.1 Å². The number of aromatic nitrogens is 2. The summed E-state index contributed by atoms with van der Waals surface area (Å²) in [5, 5.41) is 15.6. The number of hydrogen-bond acceptors (Lipinski definition) is 4. The number of hydrazone groups is 1. The summed E-state index contributed by atoms with van der Waals surface area (Å²) >= 11 is 0. The van der Waals surface area contributed by atoms with Crippen LogP contribution in [0.3, 0.4) is 0 Å². The minimum Gasteiger partial charge on any atom is -0.496 e. The summed E-state index contributed by atoms with van der Waals surface area (Å²) in [6.45, 7) is 0.